The minimum absolute atomic E-state index is 0.136. The maximum absolute atomic E-state index is 12.4. The first-order valence-electron chi connectivity index (χ1n) is 9.26. The average Bonchev–Trinajstić information content (AvgIpc) is 3.11. The molecule has 4 nitrogen and oxygen atoms in total. The van der Waals surface area contributed by atoms with Gasteiger partial charge in [0.1, 0.15) is 5.60 Å². The summed E-state index contributed by atoms with van der Waals surface area (Å²) in [6, 6.07) is 5.88. The Morgan fingerprint density at radius 2 is 1.92 bits per heavy atom. The van der Waals surface area contributed by atoms with Crippen molar-refractivity contribution in [3.05, 3.63) is 33.8 Å². The summed E-state index contributed by atoms with van der Waals surface area (Å²) in [6.07, 6.45) is 3.67. The van der Waals surface area contributed by atoms with Crippen LogP contribution in [0.15, 0.2) is 18.2 Å². The highest BCUT2D eigenvalue weighted by molar-refractivity contribution is 6.42. The van der Waals surface area contributed by atoms with Crippen molar-refractivity contribution in [2.24, 2.45) is 0 Å². The number of halogens is 2. The van der Waals surface area contributed by atoms with Gasteiger partial charge in [0.2, 0.25) is 0 Å². The number of hydrogen-bond donors (Lipinski definition) is 0. The molecular weight excluding hydrogens is 373 g/mol. The maximum Gasteiger partial charge on any atom is 0.410 e. The second-order valence-corrected chi connectivity index (χ2v) is 9.07. The lowest BCUT2D eigenvalue weighted by atomic mass is 9.68. The lowest BCUT2D eigenvalue weighted by Crippen LogP contribution is -2.51. The molecular formula is C20H27Cl2NO3. The Morgan fingerprint density at radius 1 is 1.23 bits per heavy atom. The molecule has 1 aromatic rings. The molecule has 2 heterocycles. The third-order valence-electron chi connectivity index (χ3n) is 5.35. The Labute approximate surface area is 165 Å². The van der Waals surface area contributed by atoms with E-state index >= 15 is 0 Å². The van der Waals surface area contributed by atoms with Gasteiger partial charge in [0.05, 0.1) is 16.1 Å². The van der Waals surface area contributed by atoms with E-state index in [-0.39, 0.29) is 17.6 Å². The summed E-state index contributed by atoms with van der Waals surface area (Å²) >= 11 is 12.4. The summed E-state index contributed by atoms with van der Waals surface area (Å²) in [7, 11) is 0. The highest BCUT2D eigenvalue weighted by atomic mass is 35.5. The van der Waals surface area contributed by atoms with E-state index in [1.807, 2.05) is 32.9 Å². The fraction of sp³-hybridized carbons (Fsp3) is 0.650. The molecule has 0 bridgehead atoms. The summed E-state index contributed by atoms with van der Waals surface area (Å²) < 4.78 is 11.6. The van der Waals surface area contributed by atoms with Crippen LogP contribution in [0, 0.1) is 0 Å². The molecule has 0 radical (unpaired) electrons. The zero-order valence-electron chi connectivity index (χ0n) is 15.7. The Morgan fingerprint density at radius 3 is 2.46 bits per heavy atom. The Balaban J connectivity index is 1.81. The number of benzene rings is 1. The summed E-state index contributed by atoms with van der Waals surface area (Å²) in [5.74, 6) is 0. The van der Waals surface area contributed by atoms with E-state index in [9.17, 15) is 4.79 Å². The zero-order valence-corrected chi connectivity index (χ0v) is 17.2. The number of ether oxygens (including phenoxy) is 2. The van der Waals surface area contributed by atoms with Crippen LogP contribution in [0.5, 0.6) is 0 Å². The van der Waals surface area contributed by atoms with E-state index in [2.05, 4.69) is 6.07 Å². The molecule has 0 N–H and O–H groups in total. The third-order valence-corrected chi connectivity index (χ3v) is 6.09. The number of rotatable bonds is 2. The van der Waals surface area contributed by atoms with Gasteiger partial charge >= 0.3 is 6.09 Å². The van der Waals surface area contributed by atoms with Gasteiger partial charge in [-0.1, -0.05) is 29.3 Å². The predicted molar refractivity (Wildman–Crippen MR) is 104 cm³/mol. The highest BCUT2D eigenvalue weighted by Gasteiger charge is 2.46. The quantitative estimate of drug-likeness (QED) is 0.664. The normalized spacial score (nSPS) is 23.1. The first-order chi connectivity index (χ1) is 12.2. The molecule has 3 rings (SSSR count). The van der Waals surface area contributed by atoms with E-state index in [0.717, 1.165) is 37.9 Å². The molecule has 1 unspecified atom stereocenters. The molecule has 1 atom stereocenters. The minimum atomic E-state index is -0.482. The largest absolute Gasteiger partial charge is 0.444 e. The minimum Gasteiger partial charge on any atom is -0.444 e. The predicted octanol–water partition coefficient (Wildman–Crippen LogP) is 5.44. The van der Waals surface area contributed by atoms with Crippen LogP contribution >= 0.6 is 23.2 Å². The molecule has 6 heteroatoms. The van der Waals surface area contributed by atoms with E-state index in [1.54, 1.807) is 4.90 Å². The Hall–Kier alpha value is -0.970. The number of likely N-dealkylation sites (tertiary alicyclic amines) is 1. The molecule has 2 aliphatic heterocycles. The molecule has 0 aromatic heterocycles. The van der Waals surface area contributed by atoms with Gasteiger partial charge in [-0.25, -0.2) is 4.79 Å². The van der Waals surface area contributed by atoms with Crippen LogP contribution in [0.1, 0.15) is 52.0 Å². The molecule has 0 spiro atoms. The lowest BCUT2D eigenvalue weighted by molar-refractivity contribution is -0.0102. The molecule has 2 aliphatic rings. The Kier molecular flexibility index (Phi) is 5.76. The number of carbonyl (C=O) groups excluding carboxylic acids is 1. The van der Waals surface area contributed by atoms with Gasteiger partial charge < -0.3 is 14.4 Å². The number of piperidine rings is 1. The monoisotopic (exact) mass is 399 g/mol. The second-order valence-electron chi connectivity index (χ2n) is 8.25. The summed E-state index contributed by atoms with van der Waals surface area (Å²) in [4.78, 5) is 14.2. The van der Waals surface area contributed by atoms with Crippen LogP contribution in [-0.2, 0) is 14.9 Å². The van der Waals surface area contributed by atoms with Crippen LogP contribution in [0.2, 0.25) is 10.0 Å². The summed E-state index contributed by atoms with van der Waals surface area (Å²) in [5, 5.41) is 1.13. The van der Waals surface area contributed by atoms with E-state index in [1.165, 1.54) is 0 Å². The van der Waals surface area contributed by atoms with Gasteiger partial charge in [-0.15, -0.1) is 0 Å². The van der Waals surface area contributed by atoms with Gasteiger partial charge in [0.25, 0.3) is 0 Å². The fourth-order valence-electron chi connectivity index (χ4n) is 4.03. The van der Waals surface area contributed by atoms with Crippen molar-refractivity contribution in [2.75, 3.05) is 19.7 Å². The fourth-order valence-corrected chi connectivity index (χ4v) is 4.33. The molecule has 0 saturated carbocycles. The molecule has 1 amide bonds. The van der Waals surface area contributed by atoms with Crippen LogP contribution in [0.25, 0.3) is 0 Å². The van der Waals surface area contributed by atoms with Crippen molar-refractivity contribution < 1.29 is 14.3 Å². The second kappa shape index (κ2) is 7.57. The van der Waals surface area contributed by atoms with Crippen molar-refractivity contribution in [1.82, 2.24) is 4.90 Å². The third kappa shape index (κ3) is 4.13. The maximum atomic E-state index is 12.4. The standard InChI is InChI=1S/C20H27Cl2NO3/c1-19(2,3)26-18(24)23-10-8-20(9-11-23,17-5-4-12-25-17)14-6-7-15(21)16(22)13-14/h6-7,13,17H,4-5,8-12H2,1-3H3. The van der Waals surface area contributed by atoms with Gasteiger partial charge in [0.15, 0.2) is 0 Å². The van der Waals surface area contributed by atoms with Crippen molar-refractivity contribution in [3.63, 3.8) is 0 Å². The van der Waals surface area contributed by atoms with Crippen LogP contribution in [0.3, 0.4) is 0 Å². The van der Waals surface area contributed by atoms with Gasteiger partial charge in [-0.05, 0) is 64.2 Å². The van der Waals surface area contributed by atoms with Crippen LogP contribution in [0.4, 0.5) is 4.79 Å². The SMILES string of the molecule is CC(C)(C)OC(=O)N1CCC(c2ccc(Cl)c(Cl)c2)(C2CCCO2)CC1. The number of nitrogens with zero attached hydrogens (tertiary/aromatic N) is 1. The molecule has 144 valence electrons. The van der Waals surface area contributed by atoms with Gasteiger partial charge in [-0.3, -0.25) is 0 Å². The topological polar surface area (TPSA) is 38.8 Å². The lowest BCUT2D eigenvalue weighted by Gasteiger charge is -2.45. The van der Waals surface area contributed by atoms with E-state index in [4.69, 9.17) is 32.7 Å². The van der Waals surface area contributed by atoms with Gasteiger partial charge in [0, 0.05) is 25.1 Å². The number of hydrogen-bond acceptors (Lipinski definition) is 3. The molecule has 1 aromatic carbocycles. The first kappa shape index (κ1) is 19.8. The summed E-state index contributed by atoms with van der Waals surface area (Å²) in [6.45, 7) is 7.76. The van der Waals surface area contributed by atoms with Crippen molar-refractivity contribution in [1.29, 1.82) is 0 Å². The van der Waals surface area contributed by atoms with Crippen molar-refractivity contribution in [3.8, 4) is 0 Å². The average molecular weight is 400 g/mol. The molecule has 0 aliphatic carbocycles. The molecule has 2 fully saturated rings. The highest BCUT2D eigenvalue weighted by Crippen LogP contribution is 2.45. The summed E-state index contributed by atoms with van der Waals surface area (Å²) in [5.41, 5.74) is 0.537. The van der Waals surface area contributed by atoms with E-state index < -0.39 is 5.60 Å². The van der Waals surface area contributed by atoms with Crippen LogP contribution in [-0.4, -0.2) is 42.4 Å². The van der Waals surface area contributed by atoms with Crippen molar-refractivity contribution >= 4 is 29.3 Å². The zero-order chi connectivity index (χ0) is 18.9. The first-order valence-corrected chi connectivity index (χ1v) is 10.0. The van der Waals surface area contributed by atoms with Gasteiger partial charge in [-0.2, -0.15) is 0 Å². The van der Waals surface area contributed by atoms with E-state index in [0.29, 0.717) is 23.1 Å². The molecule has 26 heavy (non-hydrogen) atoms. The smallest absolute Gasteiger partial charge is 0.410 e. The van der Waals surface area contributed by atoms with Crippen molar-refractivity contribution in [2.45, 2.75) is 63.6 Å². The van der Waals surface area contributed by atoms with Crippen LogP contribution < -0.4 is 0 Å². The Bertz CT molecular complexity index is 658. The number of amides is 1. The molecule has 2 saturated heterocycles. The number of carbonyl (C=O) groups is 1.